The summed E-state index contributed by atoms with van der Waals surface area (Å²) in [7, 11) is 3.70. The molecule has 4 rings (SSSR count). The van der Waals surface area contributed by atoms with Crippen molar-refractivity contribution in [2.75, 3.05) is 6.54 Å². The van der Waals surface area contributed by atoms with Crippen LogP contribution in [0.5, 0.6) is 0 Å². The topological polar surface area (TPSA) is 91.0 Å². The molecule has 4 aromatic rings. The van der Waals surface area contributed by atoms with Crippen molar-refractivity contribution in [3.63, 3.8) is 0 Å². The highest BCUT2D eigenvalue weighted by Crippen LogP contribution is 2.29. The Balaban J connectivity index is 1.77. The molecule has 0 spiro atoms. The lowest BCUT2D eigenvalue weighted by Gasteiger charge is -2.27. The summed E-state index contributed by atoms with van der Waals surface area (Å²) in [5.74, 6) is 0. The number of nitrogens with zero attached hydrogens (tertiary/aromatic N) is 7. The standard InChI is InChI=1S/C26H31N7O2/c1-18-14-22(23-24(28-18)32(6)30-29-23)21(20-15-27-31(5)17-20)12-13-33(25(34)35-26(2,3)4)16-19-10-8-7-9-11-19/h7-12,14-15,17H,13,16H2,1-6H3/b21-12-. The molecule has 0 bridgehead atoms. The molecule has 182 valence electrons. The zero-order valence-electron chi connectivity index (χ0n) is 21.1. The van der Waals surface area contributed by atoms with E-state index in [4.69, 9.17) is 4.74 Å². The average Bonchev–Trinajstić information content (AvgIpc) is 3.38. The Morgan fingerprint density at radius 1 is 1.17 bits per heavy atom. The van der Waals surface area contributed by atoms with Crippen molar-refractivity contribution >= 4 is 22.8 Å². The van der Waals surface area contributed by atoms with E-state index in [0.717, 1.165) is 28.0 Å². The van der Waals surface area contributed by atoms with Crippen LogP contribution in [0.3, 0.4) is 0 Å². The third kappa shape index (κ3) is 5.74. The average molecular weight is 474 g/mol. The Hall–Kier alpha value is -4.01. The zero-order chi connectivity index (χ0) is 25.2. The van der Waals surface area contributed by atoms with Crippen LogP contribution in [0, 0.1) is 6.92 Å². The first-order valence-electron chi connectivity index (χ1n) is 11.5. The summed E-state index contributed by atoms with van der Waals surface area (Å²) < 4.78 is 9.13. The number of aryl methyl sites for hydroxylation is 3. The molecular weight excluding hydrogens is 442 g/mol. The number of benzene rings is 1. The van der Waals surface area contributed by atoms with Crippen molar-refractivity contribution in [1.29, 1.82) is 0 Å². The molecule has 0 atom stereocenters. The minimum atomic E-state index is -0.601. The minimum Gasteiger partial charge on any atom is -0.444 e. The van der Waals surface area contributed by atoms with Crippen LogP contribution >= 0.6 is 0 Å². The van der Waals surface area contributed by atoms with Crippen molar-refractivity contribution in [2.45, 2.75) is 39.8 Å². The zero-order valence-corrected chi connectivity index (χ0v) is 21.1. The van der Waals surface area contributed by atoms with Gasteiger partial charge in [-0.15, -0.1) is 5.10 Å². The molecule has 0 fully saturated rings. The Labute approximate surface area is 205 Å². The van der Waals surface area contributed by atoms with Crippen LogP contribution < -0.4 is 0 Å². The smallest absolute Gasteiger partial charge is 0.410 e. The fourth-order valence-electron chi connectivity index (χ4n) is 3.81. The quantitative estimate of drug-likeness (QED) is 0.415. The summed E-state index contributed by atoms with van der Waals surface area (Å²) in [4.78, 5) is 19.4. The number of aromatic nitrogens is 6. The van der Waals surface area contributed by atoms with Gasteiger partial charge in [0.2, 0.25) is 0 Å². The highest BCUT2D eigenvalue weighted by molar-refractivity contribution is 5.92. The number of hydrogen-bond donors (Lipinski definition) is 0. The van der Waals surface area contributed by atoms with E-state index in [2.05, 4.69) is 20.4 Å². The first-order valence-corrected chi connectivity index (χ1v) is 11.5. The summed E-state index contributed by atoms with van der Waals surface area (Å²) in [5.41, 5.74) is 5.35. The number of carbonyl (C=O) groups is 1. The van der Waals surface area contributed by atoms with Gasteiger partial charge in [-0.3, -0.25) is 4.68 Å². The van der Waals surface area contributed by atoms with Gasteiger partial charge in [0, 0.05) is 50.2 Å². The molecule has 0 aliphatic heterocycles. The summed E-state index contributed by atoms with van der Waals surface area (Å²) in [6.45, 7) is 8.30. The van der Waals surface area contributed by atoms with Crippen LogP contribution in [-0.4, -0.2) is 52.9 Å². The first-order chi connectivity index (χ1) is 16.6. The first kappa shape index (κ1) is 24.1. The van der Waals surface area contributed by atoms with E-state index < -0.39 is 5.60 Å². The molecule has 9 heteroatoms. The molecule has 0 aliphatic carbocycles. The third-order valence-electron chi connectivity index (χ3n) is 5.38. The maximum atomic E-state index is 13.1. The van der Waals surface area contributed by atoms with E-state index in [1.54, 1.807) is 20.5 Å². The predicted molar refractivity (Wildman–Crippen MR) is 134 cm³/mol. The molecule has 0 N–H and O–H groups in total. The maximum Gasteiger partial charge on any atom is 0.410 e. The molecule has 0 unspecified atom stereocenters. The minimum absolute atomic E-state index is 0.331. The van der Waals surface area contributed by atoms with Gasteiger partial charge in [-0.2, -0.15) is 5.10 Å². The SMILES string of the molecule is Cc1cc(/C(=C\CN(Cc2ccccc2)C(=O)OC(C)(C)C)c2cnn(C)c2)c2nnn(C)c2n1. The maximum absolute atomic E-state index is 13.1. The van der Waals surface area contributed by atoms with E-state index in [0.29, 0.717) is 24.3 Å². The normalized spacial score (nSPS) is 12.2. The molecule has 35 heavy (non-hydrogen) atoms. The van der Waals surface area contributed by atoms with Crippen LogP contribution in [0.2, 0.25) is 0 Å². The fraction of sp³-hybridized carbons (Fsp3) is 0.346. The Morgan fingerprint density at radius 2 is 1.91 bits per heavy atom. The lowest BCUT2D eigenvalue weighted by Crippen LogP contribution is -2.36. The highest BCUT2D eigenvalue weighted by Gasteiger charge is 2.23. The molecule has 0 saturated carbocycles. The summed E-state index contributed by atoms with van der Waals surface area (Å²) in [6.07, 6.45) is 5.39. The number of hydrogen-bond acceptors (Lipinski definition) is 6. The molecule has 1 aromatic carbocycles. The van der Waals surface area contributed by atoms with Crippen LogP contribution in [0.4, 0.5) is 4.79 Å². The number of fused-ring (bicyclic) bond motifs is 1. The number of rotatable bonds is 6. The van der Waals surface area contributed by atoms with Crippen molar-refractivity contribution in [3.8, 4) is 0 Å². The molecule has 1 amide bonds. The van der Waals surface area contributed by atoms with Gasteiger partial charge in [0.1, 0.15) is 11.1 Å². The van der Waals surface area contributed by atoms with Crippen molar-refractivity contribution in [2.24, 2.45) is 14.1 Å². The molecule has 3 aromatic heterocycles. The van der Waals surface area contributed by atoms with E-state index in [1.807, 2.05) is 90.5 Å². The monoisotopic (exact) mass is 473 g/mol. The molecule has 0 radical (unpaired) electrons. The highest BCUT2D eigenvalue weighted by atomic mass is 16.6. The van der Waals surface area contributed by atoms with Gasteiger partial charge in [-0.25, -0.2) is 14.5 Å². The summed E-state index contributed by atoms with van der Waals surface area (Å²) in [6, 6.07) is 11.9. The van der Waals surface area contributed by atoms with Crippen LogP contribution in [0.25, 0.3) is 16.7 Å². The second kappa shape index (κ2) is 9.69. The van der Waals surface area contributed by atoms with E-state index in [9.17, 15) is 4.79 Å². The third-order valence-corrected chi connectivity index (χ3v) is 5.38. The van der Waals surface area contributed by atoms with E-state index in [1.165, 1.54) is 0 Å². The summed E-state index contributed by atoms with van der Waals surface area (Å²) in [5, 5.41) is 12.9. The van der Waals surface area contributed by atoms with Gasteiger partial charge in [0.05, 0.1) is 6.20 Å². The lowest BCUT2D eigenvalue weighted by molar-refractivity contribution is 0.0257. The largest absolute Gasteiger partial charge is 0.444 e. The molecule has 0 saturated heterocycles. The Morgan fingerprint density at radius 3 is 2.57 bits per heavy atom. The van der Waals surface area contributed by atoms with Crippen molar-refractivity contribution < 1.29 is 9.53 Å². The Bertz CT molecular complexity index is 1360. The van der Waals surface area contributed by atoms with Crippen LogP contribution in [0.15, 0.2) is 54.9 Å². The van der Waals surface area contributed by atoms with Gasteiger partial charge in [0.25, 0.3) is 0 Å². The Kier molecular flexibility index (Phi) is 6.68. The van der Waals surface area contributed by atoms with Crippen LogP contribution in [0.1, 0.15) is 43.2 Å². The number of ether oxygens (including phenoxy) is 1. The second-order valence-electron chi connectivity index (χ2n) is 9.56. The summed E-state index contributed by atoms with van der Waals surface area (Å²) >= 11 is 0. The van der Waals surface area contributed by atoms with Crippen LogP contribution in [-0.2, 0) is 25.4 Å². The number of amides is 1. The predicted octanol–water partition coefficient (Wildman–Crippen LogP) is 4.27. The molecule has 0 aliphatic rings. The van der Waals surface area contributed by atoms with Gasteiger partial charge in [0.15, 0.2) is 5.65 Å². The van der Waals surface area contributed by atoms with Gasteiger partial charge in [-0.1, -0.05) is 41.6 Å². The van der Waals surface area contributed by atoms with Gasteiger partial charge in [-0.05, 0) is 44.9 Å². The fourth-order valence-corrected chi connectivity index (χ4v) is 3.81. The van der Waals surface area contributed by atoms with E-state index in [-0.39, 0.29) is 6.09 Å². The van der Waals surface area contributed by atoms with Crippen molar-refractivity contribution in [3.05, 3.63) is 77.3 Å². The lowest BCUT2D eigenvalue weighted by atomic mass is 9.99. The van der Waals surface area contributed by atoms with Crippen molar-refractivity contribution in [1.82, 2.24) is 34.7 Å². The number of carbonyl (C=O) groups excluding carboxylic acids is 1. The van der Waals surface area contributed by atoms with E-state index >= 15 is 0 Å². The molecule has 3 heterocycles. The second-order valence-corrected chi connectivity index (χ2v) is 9.56. The molecular formula is C26H31N7O2. The molecule has 9 nitrogen and oxygen atoms in total. The van der Waals surface area contributed by atoms with Gasteiger partial charge >= 0.3 is 6.09 Å². The number of pyridine rings is 1. The van der Waals surface area contributed by atoms with Gasteiger partial charge < -0.3 is 9.64 Å².